The molecule has 0 amide bonds. The maximum Gasteiger partial charge on any atom is 0.249 e. The van der Waals surface area contributed by atoms with Gasteiger partial charge in [-0.25, -0.2) is 0 Å². The van der Waals surface area contributed by atoms with Crippen LogP contribution in [0.3, 0.4) is 0 Å². The minimum atomic E-state index is 0.356. The monoisotopic (exact) mass is 375 g/mol. The van der Waals surface area contributed by atoms with E-state index in [0.717, 1.165) is 16.9 Å². The lowest BCUT2D eigenvalue weighted by Gasteiger charge is -2.11. The number of benzene rings is 2. The second-order valence-corrected chi connectivity index (χ2v) is 5.99. The SMILES string of the molecule is COc1ccc(Nc2cnnc(Nc3cccc(Cl)c3C)n2)cc1Cl. The van der Waals surface area contributed by atoms with Crippen LogP contribution in [0, 0.1) is 6.92 Å². The standard InChI is InChI=1S/C17H15Cl2N5O/c1-10-12(18)4-3-5-14(10)22-17-23-16(9-20-24-17)21-11-6-7-15(25-2)13(19)8-11/h3-9H,1-2H3,(H2,21,22,23,24). The lowest BCUT2D eigenvalue weighted by molar-refractivity contribution is 0.415. The molecule has 25 heavy (non-hydrogen) atoms. The zero-order chi connectivity index (χ0) is 17.8. The first-order valence-corrected chi connectivity index (χ1v) is 8.15. The highest BCUT2D eigenvalue weighted by Crippen LogP contribution is 2.29. The van der Waals surface area contributed by atoms with Gasteiger partial charge in [-0.05, 0) is 42.8 Å². The molecule has 1 heterocycles. The maximum atomic E-state index is 6.13. The molecule has 0 saturated carbocycles. The van der Waals surface area contributed by atoms with E-state index in [1.165, 1.54) is 6.20 Å². The summed E-state index contributed by atoms with van der Waals surface area (Å²) in [5.74, 6) is 1.49. The van der Waals surface area contributed by atoms with Crippen molar-refractivity contribution < 1.29 is 4.74 Å². The Morgan fingerprint density at radius 2 is 1.88 bits per heavy atom. The molecule has 0 bridgehead atoms. The Balaban J connectivity index is 1.79. The summed E-state index contributed by atoms with van der Waals surface area (Å²) in [6.07, 6.45) is 1.52. The molecular weight excluding hydrogens is 361 g/mol. The van der Waals surface area contributed by atoms with Crippen molar-refractivity contribution in [1.29, 1.82) is 0 Å². The lowest BCUT2D eigenvalue weighted by atomic mass is 10.2. The van der Waals surface area contributed by atoms with E-state index in [1.807, 2.05) is 31.2 Å². The number of hydrogen-bond donors (Lipinski definition) is 2. The van der Waals surface area contributed by atoms with Gasteiger partial charge in [-0.3, -0.25) is 0 Å². The number of nitrogens with zero attached hydrogens (tertiary/aromatic N) is 3. The van der Waals surface area contributed by atoms with Crippen LogP contribution in [-0.2, 0) is 0 Å². The van der Waals surface area contributed by atoms with Gasteiger partial charge < -0.3 is 15.4 Å². The van der Waals surface area contributed by atoms with Crippen LogP contribution in [-0.4, -0.2) is 22.3 Å². The first kappa shape index (κ1) is 17.3. The van der Waals surface area contributed by atoms with Gasteiger partial charge in [0.15, 0.2) is 5.82 Å². The summed E-state index contributed by atoms with van der Waals surface area (Å²) in [5.41, 5.74) is 2.49. The van der Waals surface area contributed by atoms with Crippen molar-refractivity contribution in [2.24, 2.45) is 0 Å². The Labute approximate surface area is 155 Å². The molecule has 3 rings (SSSR count). The van der Waals surface area contributed by atoms with E-state index in [1.54, 1.807) is 19.2 Å². The second-order valence-electron chi connectivity index (χ2n) is 5.18. The second kappa shape index (κ2) is 7.55. The molecule has 0 spiro atoms. The van der Waals surface area contributed by atoms with E-state index < -0.39 is 0 Å². The normalized spacial score (nSPS) is 10.4. The number of anilines is 4. The molecule has 0 aliphatic carbocycles. The minimum Gasteiger partial charge on any atom is -0.495 e. The van der Waals surface area contributed by atoms with Gasteiger partial charge in [0.25, 0.3) is 0 Å². The third-order valence-corrected chi connectivity index (χ3v) is 4.20. The summed E-state index contributed by atoms with van der Waals surface area (Å²) in [6, 6.07) is 10.9. The van der Waals surface area contributed by atoms with Crippen LogP contribution in [0.2, 0.25) is 10.0 Å². The van der Waals surface area contributed by atoms with Gasteiger partial charge in [-0.2, -0.15) is 10.1 Å². The number of nitrogens with one attached hydrogen (secondary N) is 2. The number of aromatic nitrogens is 3. The van der Waals surface area contributed by atoms with Gasteiger partial charge in [0.05, 0.1) is 18.3 Å². The van der Waals surface area contributed by atoms with E-state index >= 15 is 0 Å². The lowest BCUT2D eigenvalue weighted by Crippen LogP contribution is -2.03. The summed E-state index contributed by atoms with van der Waals surface area (Å²) in [5, 5.41) is 15.4. The zero-order valence-corrected chi connectivity index (χ0v) is 15.1. The summed E-state index contributed by atoms with van der Waals surface area (Å²) in [7, 11) is 1.57. The highest BCUT2D eigenvalue weighted by molar-refractivity contribution is 6.32. The molecule has 0 aliphatic heterocycles. The maximum absolute atomic E-state index is 6.13. The first-order valence-electron chi connectivity index (χ1n) is 7.39. The molecule has 2 N–H and O–H groups in total. The Morgan fingerprint density at radius 3 is 2.64 bits per heavy atom. The van der Waals surface area contributed by atoms with Gasteiger partial charge in [0, 0.05) is 16.4 Å². The topological polar surface area (TPSA) is 72.0 Å². The fourth-order valence-corrected chi connectivity index (χ4v) is 2.60. The number of hydrogen-bond acceptors (Lipinski definition) is 6. The minimum absolute atomic E-state index is 0.356. The van der Waals surface area contributed by atoms with Gasteiger partial charge in [-0.15, -0.1) is 5.10 Å². The molecule has 1 aromatic heterocycles. The average Bonchev–Trinajstić information content (AvgIpc) is 2.60. The van der Waals surface area contributed by atoms with E-state index in [9.17, 15) is 0 Å². The smallest absolute Gasteiger partial charge is 0.249 e. The van der Waals surface area contributed by atoms with Crippen LogP contribution in [0.25, 0.3) is 0 Å². The highest BCUT2D eigenvalue weighted by atomic mass is 35.5. The first-order chi connectivity index (χ1) is 12.1. The number of ether oxygens (including phenoxy) is 1. The molecule has 128 valence electrons. The van der Waals surface area contributed by atoms with E-state index in [4.69, 9.17) is 27.9 Å². The Hall–Kier alpha value is -2.57. The predicted molar refractivity (Wildman–Crippen MR) is 101 cm³/mol. The quantitative estimate of drug-likeness (QED) is 0.654. The van der Waals surface area contributed by atoms with Crippen LogP contribution in [0.4, 0.5) is 23.1 Å². The van der Waals surface area contributed by atoms with E-state index in [0.29, 0.717) is 27.6 Å². The fourth-order valence-electron chi connectivity index (χ4n) is 2.17. The number of methoxy groups -OCH3 is 1. The molecule has 6 nitrogen and oxygen atoms in total. The van der Waals surface area contributed by atoms with Crippen molar-refractivity contribution in [2.45, 2.75) is 6.92 Å². The molecule has 0 saturated heterocycles. The average molecular weight is 376 g/mol. The zero-order valence-electron chi connectivity index (χ0n) is 13.5. The summed E-state index contributed by atoms with van der Waals surface area (Å²) in [4.78, 5) is 4.39. The van der Waals surface area contributed by atoms with E-state index in [2.05, 4.69) is 25.8 Å². The molecule has 3 aromatic rings. The molecular formula is C17H15Cl2N5O. The molecule has 0 radical (unpaired) electrons. The summed E-state index contributed by atoms with van der Waals surface area (Å²) in [6.45, 7) is 1.92. The fraction of sp³-hybridized carbons (Fsp3) is 0.118. The third-order valence-electron chi connectivity index (χ3n) is 3.50. The molecule has 0 fully saturated rings. The van der Waals surface area contributed by atoms with Gasteiger partial charge in [0.2, 0.25) is 5.95 Å². The van der Waals surface area contributed by atoms with Gasteiger partial charge >= 0.3 is 0 Å². The molecule has 8 heteroatoms. The largest absolute Gasteiger partial charge is 0.495 e. The Morgan fingerprint density at radius 1 is 1.04 bits per heavy atom. The van der Waals surface area contributed by atoms with Crippen molar-refractivity contribution in [3.05, 3.63) is 58.2 Å². The predicted octanol–water partition coefficient (Wildman–Crippen LogP) is 4.98. The van der Waals surface area contributed by atoms with Crippen LogP contribution in [0.5, 0.6) is 5.75 Å². The summed E-state index contributed by atoms with van der Waals surface area (Å²) >= 11 is 12.3. The van der Waals surface area contributed by atoms with Crippen LogP contribution < -0.4 is 15.4 Å². The highest BCUT2D eigenvalue weighted by Gasteiger charge is 2.07. The number of rotatable bonds is 5. The van der Waals surface area contributed by atoms with Crippen molar-refractivity contribution in [3.63, 3.8) is 0 Å². The van der Waals surface area contributed by atoms with Gasteiger partial charge in [0.1, 0.15) is 5.75 Å². The van der Waals surface area contributed by atoms with Crippen molar-refractivity contribution in [2.75, 3.05) is 17.7 Å². The van der Waals surface area contributed by atoms with Gasteiger partial charge in [-0.1, -0.05) is 29.3 Å². The van der Waals surface area contributed by atoms with Crippen LogP contribution in [0.15, 0.2) is 42.6 Å². The van der Waals surface area contributed by atoms with E-state index in [-0.39, 0.29) is 0 Å². The van der Waals surface area contributed by atoms with Crippen molar-refractivity contribution >= 4 is 46.3 Å². The van der Waals surface area contributed by atoms with Crippen molar-refractivity contribution in [3.8, 4) is 5.75 Å². The molecule has 0 aliphatic rings. The Bertz CT molecular complexity index is 904. The number of halogens is 2. The Kier molecular flexibility index (Phi) is 5.21. The molecule has 0 unspecified atom stereocenters. The molecule has 2 aromatic carbocycles. The summed E-state index contributed by atoms with van der Waals surface area (Å²) < 4.78 is 5.14. The van der Waals surface area contributed by atoms with Crippen molar-refractivity contribution in [1.82, 2.24) is 15.2 Å². The van der Waals surface area contributed by atoms with Crippen LogP contribution >= 0.6 is 23.2 Å². The molecule has 0 atom stereocenters. The third kappa shape index (κ3) is 4.10. The van der Waals surface area contributed by atoms with Crippen LogP contribution in [0.1, 0.15) is 5.56 Å².